The molecule has 24 heavy (non-hydrogen) atoms. The summed E-state index contributed by atoms with van der Waals surface area (Å²) in [6, 6.07) is 13.4. The minimum absolute atomic E-state index is 0.0735. The van der Waals surface area contributed by atoms with Crippen molar-refractivity contribution in [3.05, 3.63) is 75.6 Å². The Balaban J connectivity index is 1.86. The molecule has 0 amide bonds. The Kier molecular flexibility index (Phi) is 4.15. The number of esters is 1. The lowest BCUT2D eigenvalue weighted by atomic mass is 10.2. The highest BCUT2D eigenvalue weighted by Crippen LogP contribution is 2.19. The van der Waals surface area contributed by atoms with Gasteiger partial charge in [0.15, 0.2) is 5.69 Å². The summed E-state index contributed by atoms with van der Waals surface area (Å²) in [6.07, 6.45) is 0. The Hall–Kier alpha value is -3.35. The number of non-ortho nitro benzene ring substituents is 1. The predicted molar refractivity (Wildman–Crippen MR) is 86.5 cm³/mol. The topological polar surface area (TPSA) is 95.2 Å². The molecule has 2 aromatic carbocycles. The number of aromatic nitrogens is 2. The monoisotopic (exact) mass is 323 g/mol. The van der Waals surface area contributed by atoms with E-state index in [4.69, 9.17) is 4.74 Å². The quantitative estimate of drug-likeness (QED) is 0.415. The van der Waals surface area contributed by atoms with Gasteiger partial charge in [-0.05, 0) is 18.6 Å². The van der Waals surface area contributed by atoms with Gasteiger partial charge in [-0.25, -0.2) is 14.8 Å². The Morgan fingerprint density at radius 1 is 1.12 bits per heavy atom. The van der Waals surface area contributed by atoms with Gasteiger partial charge >= 0.3 is 5.97 Å². The molecule has 0 unspecified atom stereocenters. The number of fused-ring (bicyclic) bond motifs is 1. The van der Waals surface area contributed by atoms with Gasteiger partial charge in [0.1, 0.15) is 6.61 Å². The minimum atomic E-state index is -0.580. The number of hydrogen-bond donors (Lipinski definition) is 0. The van der Waals surface area contributed by atoms with E-state index < -0.39 is 10.9 Å². The zero-order chi connectivity index (χ0) is 17.1. The summed E-state index contributed by atoms with van der Waals surface area (Å²) in [5.74, 6) is -0.580. The van der Waals surface area contributed by atoms with Crippen molar-refractivity contribution in [1.82, 2.24) is 9.97 Å². The summed E-state index contributed by atoms with van der Waals surface area (Å²) in [4.78, 5) is 31.0. The van der Waals surface area contributed by atoms with Gasteiger partial charge in [-0.2, -0.15) is 0 Å². The van der Waals surface area contributed by atoms with Gasteiger partial charge < -0.3 is 4.74 Å². The number of nitrogens with zero attached hydrogens (tertiary/aromatic N) is 3. The van der Waals surface area contributed by atoms with Crippen LogP contribution < -0.4 is 0 Å². The van der Waals surface area contributed by atoms with E-state index in [2.05, 4.69) is 9.97 Å². The normalized spacial score (nSPS) is 10.5. The van der Waals surface area contributed by atoms with Crippen LogP contribution in [-0.2, 0) is 11.3 Å². The molecule has 0 aliphatic carbocycles. The summed E-state index contributed by atoms with van der Waals surface area (Å²) in [5, 5.41) is 10.8. The maximum Gasteiger partial charge on any atom is 0.359 e. The predicted octanol–water partition coefficient (Wildman–Crippen LogP) is 3.20. The third-order valence-corrected chi connectivity index (χ3v) is 3.44. The average molecular weight is 323 g/mol. The SMILES string of the molecule is Cc1nc2cc([N+](=O)[O-])ccc2nc1C(=O)OCc1ccccc1. The number of carbonyl (C=O) groups excluding carboxylic acids is 1. The highest BCUT2D eigenvalue weighted by Gasteiger charge is 2.17. The molecule has 0 bridgehead atoms. The third-order valence-electron chi connectivity index (χ3n) is 3.44. The lowest BCUT2D eigenvalue weighted by Gasteiger charge is -2.07. The highest BCUT2D eigenvalue weighted by atomic mass is 16.6. The number of nitro benzene ring substituents is 1. The average Bonchev–Trinajstić information content (AvgIpc) is 2.59. The van der Waals surface area contributed by atoms with Crippen LogP contribution in [0.25, 0.3) is 11.0 Å². The van der Waals surface area contributed by atoms with E-state index in [9.17, 15) is 14.9 Å². The van der Waals surface area contributed by atoms with Crippen LogP contribution in [0.1, 0.15) is 21.7 Å². The molecule has 1 aromatic heterocycles. The number of hydrogen-bond acceptors (Lipinski definition) is 6. The molecule has 1 heterocycles. The van der Waals surface area contributed by atoms with E-state index >= 15 is 0 Å². The van der Waals surface area contributed by atoms with Gasteiger partial charge in [-0.15, -0.1) is 0 Å². The molecule has 120 valence electrons. The molecule has 7 nitrogen and oxygen atoms in total. The van der Waals surface area contributed by atoms with Crippen LogP contribution in [-0.4, -0.2) is 20.9 Å². The maximum absolute atomic E-state index is 12.2. The van der Waals surface area contributed by atoms with Gasteiger partial charge in [0, 0.05) is 12.1 Å². The van der Waals surface area contributed by atoms with E-state index in [1.54, 1.807) is 6.92 Å². The lowest BCUT2D eigenvalue weighted by molar-refractivity contribution is -0.384. The molecule has 0 spiro atoms. The van der Waals surface area contributed by atoms with Gasteiger partial charge in [-0.3, -0.25) is 10.1 Å². The summed E-state index contributed by atoms with van der Waals surface area (Å²) >= 11 is 0. The smallest absolute Gasteiger partial charge is 0.359 e. The fraction of sp³-hybridized carbons (Fsp3) is 0.118. The molecule has 0 aliphatic rings. The van der Waals surface area contributed by atoms with Gasteiger partial charge in [-0.1, -0.05) is 30.3 Å². The number of carbonyl (C=O) groups is 1. The first kappa shape index (κ1) is 15.5. The molecule has 7 heteroatoms. The molecule has 0 fully saturated rings. The first-order valence-corrected chi connectivity index (χ1v) is 7.18. The third kappa shape index (κ3) is 3.19. The van der Waals surface area contributed by atoms with Gasteiger partial charge in [0.25, 0.3) is 5.69 Å². The van der Waals surface area contributed by atoms with E-state index in [1.165, 1.54) is 18.2 Å². The second-order valence-corrected chi connectivity index (χ2v) is 5.15. The van der Waals surface area contributed by atoms with Gasteiger partial charge in [0.2, 0.25) is 0 Å². The lowest BCUT2D eigenvalue weighted by Crippen LogP contribution is -2.11. The number of benzene rings is 2. The fourth-order valence-corrected chi connectivity index (χ4v) is 2.23. The van der Waals surface area contributed by atoms with Crippen LogP contribution in [0.3, 0.4) is 0 Å². The molecule has 0 radical (unpaired) electrons. The molecule has 0 aliphatic heterocycles. The van der Waals surface area contributed by atoms with Crippen LogP contribution in [0.2, 0.25) is 0 Å². The molecular formula is C17H13N3O4. The Morgan fingerprint density at radius 2 is 1.88 bits per heavy atom. The zero-order valence-electron chi connectivity index (χ0n) is 12.8. The van der Waals surface area contributed by atoms with E-state index in [1.807, 2.05) is 30.3 Å². The van der Waals surface area contributed by atoms with E-state index in [-0.39, 0.29) is 18.0 Å². The van der Waals surface area contributed by atoms with Crippen molar-refractivity contribution in [2.45, 2.75) is 13.5 Å². The molecule has 3 aromatic rings. The van der Waals surface area contributed by atoms with Gasteiger partial charge in [0.05, 0.1) is 21.7 Å². The largest absolute Gasteiger partial charge is 0.456 e. The minimum Gasteiger partial charge on any atom is -0.456 e. The van der Waals surface area contributed by atoms with Crippen molar-refractivity contribution < 1.29 is 14.5 Å². The summed E-state index contributed by atoms with van der Waals surface area (Å²) in [6.45, 7) is 1.75. The van der Waals surface area contributed by atoms with Crippen molar-refractivity contribution in [1.29, 1.82) is 0 Å². The van der Waals surface area contributed by atoms with Crippen LogP contribution in [0.4, 0.5) is 5.69 Å². The van der Waals surface area contributed by atoms with Crippen molar-refractivity contribution >= 4 is 22.7 Å². The van der Waals surface area contributed by atoms with Crippen LogP contribution in [0, 0.1) is 17.0 Å². The van der Waals surface area contributed by atoms with E-state index in [0.717, 1.165) is 5.56 Å². The van der Waals surface area contributed by atoms with Crippen LogP contribution in [0.5, 0.6) is 0 Å². The summed E-state index contributed by atoms with van der Waals surface area (Å²) in [7, 11) is 0. The maximum atomic E-state index is 12.2. The molecule has 0 atom stereocenters. The van der Waals surface area contributed by atoms with Crippen LogP contribution >= 0.6 is 0 Å². The number of ether oxygens (including phenoxy) is 1. The first-order valence-electron chi connectivity index (χ1n) is 7.18. The summed E-state index contributed by atoms with van der Waals surface area (Å²) in [5.41, 5.74) is 2.02. The Bertz CT molecular complexity index is 926. The van der Waals surface area contributed by atoms with Crippen LogP contribution in [0.15, 0.2) is 48.5 Å². The highest BCUT2D eigenvalue weighted by molar-refractivity contribution is 5.91. The molecule has 0 N–H and O–H groups in total. The van der Waals surface area contributed by atoms with Crippen molar-refractivity contribution in [2.75, 3.05) is 0 Å². The second kappa shape index (κ2) is 6.41. The molecule has 0 saturated carbocycles. The Labute approximate surface area is 137 Å². The number of rotatable bonds is 4. The molecule has 0 saturated heterocycles. The second-order valence-electron chi connectivity index (χ2n) is 5.15. The Morgan fingerprint density at radius 3 is 2.58 bits per heavy atom. The first-order chi connectivity index (χ1) is 11.5. The summed E-state index contributed by atoms with van der Waals surface area (Å²) < 4.78 is 5.26. The molecular weight excluding hydrogens is 310 g/mol. The molecule has 3 rings (SSSR count). The van der Waals surface area contributed by atoms with Crippen molar-refractivity contribution in [2.24, 2.45) is 0 Å². The zero-order valence-corrected chi connectivity index (χ0v) is 12.8. The standard InChI is InChI=1S/C17H13N3O4/c1-11-16(17(21)24-10-12-5-3-2-4-6-12)19-14-8-7-13(20(22)23)9-15(14)18-11/h2-9H,10H2,1H3. The van der Waals surface area contributed by atoms with E-state index in [0.29, 0.717) is 16.7 Å². The van der Waals surface area contributed by atoms with Crippen molar-refractivity contribution in [3.63, 3.8) is 0 Å². The number of nitro groups is 1. The fourth-order valence-electron chi connectivity index (χ4n) is 2.23. The van der Waals surface area contributed by atoms with Crippen molar-refractivity contribution in [3.8, 4) is 0 Å². The number of aryl methyl sites for hydroxylation is 1.